The molecule has 9 heteroatoms. The summed E-state index contributed by atoms with van der Waals surface area (Å²) in [7, 11) is 1.58. The van der Waals surface area contributed by atoms with Crippen molar-refractivity contribution in [2.75, 3.05) is 18.6 Å². The van der Waals surface area contributed by atoms with Gasteiger partial charge in [0, 0.05) is 10.6 Å². The fourth-order valence-electron chi connectivity index (χ4n) is 4.23. The maximum atomic E-state index is 13.5. The number of amides is 1. The Morgan fingerprint density at radius 1 is 1.08 bits per heavy atom. The molecule has 1 fully saturated rings. The molecule has 0 spiro atoms. The van der Waals surface area contributed by atoms with Gasteiger partial charge in [0.05, 0.1) is 35.5 Å². The second-order valence-electron chi connectivity index (χ2n) is 8.43. The Labute approximate surface area is 222 Å². The number of ketones is 1. The van der Waals surface area contributed by atoms with E-state index in [-0.39, 0.29) is 11.3 Å². The molecule has 0 saturated carbocycles. The third-order valence-electron chi connectivity index (χ3n) is 6.00. The molecule has 4 aromatic rings. The second-order valence-corrected chi connectivity index (χ2v) is 9.87. The Balaban J connectivity index is 1.69. The molecule has 5 rings (SSSR count). The number of hydrogen-bond donors (Lipinski definition) is 1. The van der Waals surface area contributed by atoms with E-state index in [0.717, 1.165) is 11.1 Å². The van der Waals surface area contributed by atoms with Crippen LogP contribution in [-0.4, -0.2) is 35.5 Å². The van der Waals surface area contributed by atoms with Crippen molar-refractivity contribution in [3.63, 3.8) is 0 Å². The van der Waals surface area contributed by atoms with Crippen LogP contribution >= 0.6 is 22.9 Å². The van der Waals surface area contributed by atoms with E-state index < -0.39 is 17.7 Å². The summed E-state index contributed by atoms with van der Waals surface area (Å²) in [6.07, 6.45) is 0.828. The van der Waals surface area contributed by atoms with Crippen molar-refractivity contribution in [3.8, 4) is 11.5 Å². The number of carbonyl (C=O) groups excluding carboxylic acids is 2. The molecule has 1 atom stereocenters. The number of anilines is 1. The van der Waals surface area contributed by atoms with E-state index in [9.17, 15) is 14.7 Å². The van der Waals surface area contributed by atoms with Crippen LogP contribution in [0, 0.1) is 0 Å². The topological polar surface area (TPSA) is 89.0 Å². The Morgan fingerprint density at radius 2 is 1.86 bits per heavy atom. The maximum Gasteiger partial charge on any atom is 0.301 e. The number of aliphatic hydroxyl groups excluding tert-OH is 1. The number of aliphatic hydroxyl groups is 1. The molecule has 3 aromatic carbocycles. The van der Waals surface area contributed by atoms with Crippen molar-refractivity contribution in [1.82, 2.24) is 4.98 Å². The lowest BCUT2D eigenvalue weighted by atomic mass is 9.95. The van der Waals surface area contributed by atoms with Crippen molar-refractivity contribution in [2.24, 2.45) is 0 Å². The first kappa shape index (κ1) is 24.8. The highest BCUT2D eigenvalue weighted by Gasteiger charge is 2.48. The molecule has 7 nitrogen and oxygen atoms in total. The summed E-state index contributed by atoms with van der Waals surface area (Å²) < 4.78 is 11.9. The second kappa shape index (κ2) is 10.2. The first-order chi connectivity index (χ1) is 17.9. The van der Waals surface area contributed by atoms with E-state index in [2.05, 4.69) is 4.98 Å². The fraction of sp³-hybridized carbons (Fsp3) is 0.179. The van der Waals surface area contributed by atoms with E-state index in [0.29, 0.717) is 44.9 Å². The number of fused-ring (bicyclic) bond motifs is 1. The number of hydrogen-bond acceptors (Lipinski definition) is 7. The molecular weight excluding hydrogens is 512 g/mol. The third-order valence-corrected chi connectivity index (χ3v) is 7.27. The molecule has 1 aliphatic heterocycles. The number of carbonyl (C=O) groups is 2. The first-order valence-electron chi connectivity index (χ1n) is 11.7. The predicted molar refractivity (Wildman–Crippen MR) is 145 cm³/mol. The average Bonchev–Trinajstić information content (AvgIpc) is 3.45. The zero-order valence-corrected chi connectivity index (χ0v) is 21.7. The van der Waals surface area contributed by atoms with Crippen molar-refractivity contribution in [3.05, 3.63) is 88.5 Å². The number of aromatic nitrogens is 1. The Morgan fingerprint density at radius 3 is 2.59 bits per heavy atom. The van der Waals surface area contributed by atoms with Crippen LogP contribution in [0.1, 0.15) is 30.5 Å². The molecule has 1 unspecified atom stereocenters. The van der Waals surface area contributed by atoms with Gasteiger partial charge in [0.25, 0.3) is 5.78 Å². The van der Waals surface area contributed by atoms with E-state index >= 15 is 0 Å². The van der Waals surface area contributed by atoms with Gasteiger partial charge in [0.1, 0.15) is 17.3 Å². The zero-order chi connectivity index (χ0) is 26.1. The number of benzene rings is 3. The van der Waals surface area contributed by atoms with E-state index in [1.807, 2.05) is 19.1 Å². The van der Waals surface area contributed by atoms with Gasteiger partial charge in [-0.25, -0.2) is 4.98 Å². The van der Waals surface area contributed by atoms with Crippen LogP contribution in [-0.2, 0) is 9.59 Å². The molecule has 2 heterocycles. The third kappa shape index (κ3) is 4.65. The van der Waals surface area contributed by atoms with Crippen LogP contribution in [0.4, 0.5) is 5.13 Å². The number of Topliss-reactive ketones (excluding diaryl/α,β-unsaturated/α-hetero) is 1. The summed E-state index contributed by atoms with van der Waals surface area (Å²) >= 11 is 7.28. The first-order valence-corrected chi connectivity index (χ1v) is 12.8. The quantitative estimate of drug-likeness (QED) is 0.168. The molecule has 0 bridgehead atoms. The molecule has 0 radical (unpaired) electrons. The summed E-state index contributed by atoms with van der Waals surface area (Å²) in [6, 6.07) is 18.1. The predicted octanol–water partition coefficient (Wildman–Crippen LogP) is 6.37. The highest BCUT2D eigenvalue weighted by Crippen LogP contribution is 2.45. The van der Waals surface area contributed by atoms with Gasteiger partial charge in [-0.15, -0.1) is 0 Å². The van der Waals surface area contributed by atoms with Crippen LogP contribution in [0.5, 0.6) is 11.5 Å². The molecule has 1 aliphatic rings. The number of halogens is 1. The fourth-order valence-corrected chi connectivity index (χ4v) is 5.37. The minimum Gasteiger partial charge on any atom is -0.507 e. The number of thiazole rings is 1. The monoisotopic (exact) mass is 534 g/mol. The number of nitrogens with zero attached hydrogens (tertiary/aromatic N) is 2. The summed E-state index contributed by atoms with van der Waals surface area (Å²) in [5, 5.41) is 12.1. The lowest BCUT2D eigenvalue weighted by Gasteiger charge is -2.23. The summed E-state index contributed by atoms with van der Waals surface area (Å²) in [5.74, 6) is -0.596. The van der Waals surface area contributed by atoms with Gasteiger partial charge in [-0.1, -0.05) is 42.0 Å². The zero-order valence-electron chi connectivity index (χ0n) is 20.1. The van der Waals surface area contributed by atoms with Crippen molar-refractivity contribution < 1.29 is 24.2 Å². The van der Waals surface area contributed by atoms with Crippen LogP contribution in [0.25, 0.3) is 16.0 Å². The van der Waals surface area contributed by atoms with Crippen molar-refractivity contribution in [1.29, 1.82) is 0 Å². The lowest BCUT2D eigenvalue weighted by Crippen LogP contribution is -2.29. The van der Waals surface area contributed by atoms with Crippen molar-refractivity contribution in [2.45, 2.75) is 19.4 Å². The molecule has 37 heavy (non-hydrogen) atoms. The van der Waals surface area contributed by atoms with E-state index in [4.69, 9.17) is 21.1 Å². The Bertz CT molecular complexity index is 1530. The van der Waals surface area contributed by atoms with Gasteiger partial charge < -0.3 is 14.6 Å². The molecular formula is C28H23ClN2O5S. The van der Waals surface area contributed by atoms with Gasteiger partial charge in [0.15, 0.2) is 5.13 Å². The molecule has 1 saturated heterocycles. The SMILES string of the molecule is CCCOc1cccc(C2/C(=C(\O)c3ccc(Cl)cc3)C(=O)C(=O)N2c2nc3ccc(OC)cc3s2)c1. The van der Waals surface area contributed by atoms with Crippen molar-refractivity contribution >= 4 is 55.7 Å². The van der Waals surface area contributed by atoms with E-state index in [1.165, 1.54) is 16.2 Å². The maximum absolute atomic E-state index is 13.5. The average molecular weight is 535 g/mol. The summed E-state index contributed by atoms with van der Waals surface area (Å²) in [5.41, 5.74) is 1.62. The molecule has 188 valence electrons. The van der Waals surface area contributed by atoms with Gasteiger partial charge in [-0.05, 0) is 66.6 Å². The minimum atomic E-state index is -0.914. The number of rotatable bonds is 7. The van der Waals surface area contributed by atoms with E-state index in [1.54, 1.807) is 61.7 Å². The molecule has 0 aliphatic carbocycles. The Kier molecular flexibility index (Phi) is 6.86. The standard InChI is InChI=1S/C28H23ClN2O5S/c1-3-13-36-20-6-4-5-17(14-20)24-23(25(32)16-7-9-18(29)10-8-16)26(33)27(34)31(24)28-30-21-12-11-19(35-2)15-22(21)37-28/h4-12,14-15,24,32H,3,13H2,1-2H3/b25-23+. The van der Waals surface area contributed by atoms with Crippen LogP contribution in [0.2, 0.25) is 5.02 Å². The number of methoxy groups -OCH3 is 1. The van der Waals surface area contributed by atoms with Gasteiger partial charge in [-0.3, -0.25) is 14.5 Å². The van der Waals surface area contributed by atoms with Gasteiger partial charge in [0.2, 0.25) is 0 Å². The highest BCUT2D eigenvalue weighted by atomic mass is 35.5. The highest BCUT2D eigenvalue weighted by molar-refractivity contribution is 7.22. The largest absolute Gasteiger partial charge is 0.507 e. The molecule has 1 aromatic heterocycles. The smallest absolute Gasteiger partial charge is 0.301 e. The van der Waals surface area contributed by atoms with Crippen LogP contribution in [0.15, 0.2) is 72.3 Å². The number of ether oxygens (including phenoxy) is 2. The molecule has 1 N–H and O–H groups in total. The van der Waals surface area contributed by atoms with Crippen LogP contribution < -0.4 is 14.4 Å². The van der Waals surface area contributed by atoms with Gasteiger partial charge in [-0.2, -0.15) is 0 Å². The molecule has 1 amide bonds. The normalized spacial score (nSPS) is 16.9. The van der Waals surface area contributed by atoms with Gasteiger partial charge >= 0.3 is 5.91 Å². The van der Waals surface area contributed by atoms with Crippen LogP contribution in [0.3, 0.4) is 0 Å². The minimum absolute atomic E-state index is 0.0307. The Hall–Kier alpha value is -3.88. The summed E-state index contributed by atoms with van der Waals surface area (Å²) in [6.45, 7) is 2.53. The lowest BCUT2D eigenvalue weighted by molar-refractivity contribution is -0.132. The summed E-state index contributed by atoms with van der Waals surface area (Å²) in [4.78, 5) is 32.9.